The van der Waals surface area contributed by atoms with E-state index < -0.39 is 0 Å². The largest absolute Gasteiger partial charge is 0.298 e. The van der Waals surface area contributed by atoms with Crippen LogP contribution in [-0.4, -0.2) is 14.8 Å². The molecule has 0 atom stereocenters. The van der Waals surface area contributed by atoms with Gasteiger partial charge >= 0.3 is 0 Å². The summed E-state index contributed by atoms with van der Waals surface area (Å²) in [5.41, 5.74) is 2.55. The van der Waals surface area contributed by atoms with E-state index in [1.54, 1.807) is 42.1 Å². The Morgan fingerprint density at radius 2 is 1.84 bits per heavy atom. The number of benzene rings is 2. The van der Waals surface area contributed by atoms with Crippen molar-refractivity contribution in [2.45, 2.75) is 17.5 Å². The smallest absolute Gasteiger partial charge is 0.192 e. The first-order chi connectivity index (χ1) is 12.2. The topological polar surface area (TPSA) is 54.5 Å². The highest BCUT2D eigenvalue weighted by atomic mass is 32.2. The molecule has 0 radical (unpaired) electrons. The Bertz CT molecular complexity index is 908. The van der Waals surface area contributed by atoms with Crippen LogP contribution >= 0.6 is 11.8 Å². The van der Waals surface area contributed by atoms with Crippen molar-refractivity contribution in [2.75, 3.05) is 0 Å². The molecule has 0 saturated carbocycles. The molecule has 1 heterocycles. The molecule has 1 aromatic heterocycles. The number of hydrogen-bond donors (Lipinski definition) is 0. The molecule has 4 nitrogen and oxygen atoms in total. The Morgan fingerprint density at radius 3 is 2.48 bits per heavy atom. The lowest BCUT2D eigenvalue weighted by Crippen LogP contribution is -2.00. The number of nitrogens with zero attached hydrogens (tertiary/aromatic N) is 4. The molecule has 0 amide bonds. The molecule has 25 heavy (non-hydrogen) atoms. The van der Waals surface area contributed by atoms with Gasteiger partial charge < -0.3 is 0 Å². The Morgan fingerprint density at radius 1 is 1.12 bits per heavy atom. The minimum Gasteiger partial charge on any atom is -0.298 e. The Labute approximate surface area is 149 Å². The average Bonchev–Trinajstić information content (AvgIpc) is 3.04. The van der Waals surface area contributed by atoms with E-state index in [1.165, 1.54) is 12.1 Å². The number of halogens is 1. The lowest BCUT2D eigenvalue weighted by molar-refractivity contribution is 0.628. The second-order valence-electron chi connectivity index (χ2n) is 5.31. The number of aromatic nitrogens is 3. The molecular formula is C19H15FN4S. The molecule has 0 N–H and O–H groups in total. The highest BCUT2D eigenvalue weighted by Crippen LogP contribution is 2.26. The van der Waals surface area contributed by atoms with Crippen LogP contribution in [-0.2, 0) is 12.3 Å². The zero-order chi connectivity index (χ0) is 17.6. The molecule has 124 valence electrons. The minimum absolute atomic E-state index is 0.283. The summed E-state index contributed by atoms with van der Waals surface area (Å²) < 4.78 is 15.1. The number of hydrogen-bond acceptors (Lipinski definition) is 4. The molecule has 0 unspecified atom stereocenters. The zero-order valence-corrected chi connectivity index (χ0v) is 14.2. The van der Waals surface area contributed by atoms with E-state index in [-0.39, 0.29) is 5.82 Å². The maximum atomic E-state index is 13.1. The van der Waals surface area contributed by atoms with Gasteiger partial charge in [0.1, 0.15) is 5.82 Å². The number of nitriles is 1. The average molecular weight is 350 g/mol. The molecule has 0 fully saturated rings. The van der Waals surface area contributed by atoms with Gasteiger partial charge in [0, 0.05) is 17.9 Å². The lowest BCUT2D eigenvalue weighted by atomic mass is 10.2. The van der Waals surface area contributed by atoms with Crippen LogP contribution in [0.1, 0.15) is 11.1 Å². The monoisotopic (exact) mass is 350 g/mol. The summed E-state index contributed by atoms with van der Waals surface area (Å²) in [6, 6.07) is 15.8. The van der Waals surface area contributed by atoms with Gasteiger partial charge in [-0.25, -0.2) is 4.39 Å². The first-order valence-corrected chi connectivity index (χ1v) is 8.61. The Kier molecular flexibility index (Phi) is 5.26. The van der Waals surface area contributed by atoms with Gasteiger partial charge in [-0.1, -0.05) is 30.0 Å². The summed E-state index contributed by atoms with van der Waals surface area (Å²) in [4.78, 5) is 0. The van der Waals surface area contributed by atoms with Crippen molar-refractivity contribution < 1.29 is 4.39 Å². The first kappa shape index (κ1) is 16.9. The van der Waals surface area contributed by atoms with Gasteiger partial charge in [-0.2, -0.15) is 5.26 Å². The maximum absolute atomic E-state index is 13.1. The van der Waals surface area contributed by atoms with Gasteiger partial charge in [0.25, 0.3) is 0 Å². The van der Waals surface area contributed by atoms with E-state index in [0.717, 1.165) is 16.3 Å². The van der Waals surface area contributed by atoms with Gasteiger partial charge in [-0.15, -0.1) is 16.8 Å². The molecule has 0 bridgehead atoms. The van der Waals surface area contributed by atoms with E-state index in [4.69, 9.17) is 5.26 Å². The SMILES string of the molecule is C=CCn1c(SCc2ccc(C#N)cc2)nnc1-c1ccc(F)cc1. The van der Waals surface area contributed by atoms with Crippen LogP contribution in [0.4, 0.5) is 4.39 Å². The van der Waals surface area contributed by atoms with Gasteiger partial charge in [0.2, 0.25) is 0 Å². The highest BCUT2D eigenvalue weighted by Gasteiger charge is 2.13. The summed E-state index contributed by atoms with van der Waals surface area (Å²) in [5.74, 6) is 1.11. The van der Waals surface area contributed by atoms with Crippen LogP contribution in [0.15, 0.2) is 66.3 Å². The predicted octanol–water partition coefficient (Wildman–Crippen LogP) is 4.43. The molecule has 0 aliphatic rings. The summed E-state index contributed by atoms with van der Waals surface area (Å²) in [6.07, 6.45) is 1.78. The molecule has 0 saturated heterocycles. The number of thioether (sulfide) groups is 1. The van der Waals surface area contributed by atoms with Crippen molar-refractivity contribution in [3.05, 3.63) is 78.1 Å². The maximum Gasteiger partial charge on any atom is 0.192 e. The number of rotatable bonds is 6. The molecule has 3 aromatic rings. The third kappa shape index (κ3) is 3.95. The van der Waals surface area contributed by atoms with Crippen molar-refractivity contribution in [1.29, 1.82) is 5.26 Å². The summed E-state index contributed by atoms with van der Waals surface area (Å²) in [6.45, 7) is 4.35. The lowest BCUT2D eigenvalue weighted by Gasteiger charge is -2.08. The van der Waals surface area contributed by atoms with Crippen LogP contribution in [0.5, 0.6) is 0 Å². The molecule has 0 aliphatic heterocycles. The Balaban J connectivity index is 1.82. The summed E-state index contributed by atoms with van der Waals surface area (Å²) in [7, 11) is 0. The fourth-order valence-electron chi connectivity index (χ4n) is 2.33. The van der Waals surface area contributed by atoms with E-state index in [2.05, 4.69) is 22.8 Å². The van der Waals surface area contributed by atoms with Gasteiger partial charge in [-0.05, 0) is 42.0 Å². The predicted molar refractivity (Wildman–Crippen MR) is 96.3 cm³/mol. The van der Waals surface area contributed by atoms with E-state index in [1.807, 2.05) is 16.7 Å². The fraction of sp³-hybridized carbons (Fsp3) is 0.105. The van der Waals surface area contributed by atoms with Gasteiger partial charge in [0.05, 0.1) is 11.6 Å². The molecule has 6 heteroatoms. The van der Waals surface area contributed by atoms with Crippen LogP contribution in [0.3, 0.4) is 0 Å². The molecular weight excluding hydrogens is 335 g/mol. The van der Waals surface area contributed by atoms with Gasteiger partial charge in [0.15, 0.2) is 11.0 Å². The fourth-order valence-corrected chi connectivity index (χ4v) is 3.23. The quantitative estimate of drug-likeness (QED) is 0.487. The third-order valence-corrected chi connectivity index (χ3v) is 4.62. The van der Waals surface area contributed by atoms with Crippen molar-refractivity contribution in [2.24, 2.45) is 0 Å². The molecule has 2 aromatic carbocycles. The van der Waals surface area contributed by atoms with Crippen LogP contribution in [0, 0.1) is 17.1 Å². The minimum atomic E-state index is -0.283. The molecule has 3 rings (SSSR count). The van der Waals surface area contributed by atoms with Gasteiger partial charge in [-0.3, -0.25) is 4.57 Å². The van der Waals surface area contributed by atoms with Crippen molar-refractivity contribution in [3.63, 3.8) is 0 Å². The van der Waals surface area contributed by atoms with Crippen LogP contribution < -0.4 is 0 Å². The van der Waals surface area contributed by atoms with E-state index in [9.17, 15) is 4.39 Å². The number of allylic oxidation sites excluding steroid dienone is 1. The standard InChI is InChI=1S/C19H15FN4S/c1-2-11-24-18(16-7-9-17(20)10-8-16)22-23-19(24)25-13-15-5-3-14(12-21)4-6-15/h2-10H,1,11,13H2. The van der Waals surface area contributed by atoms with E-state index in [0.29, 0.717) is 23.7 Å². The summed E-state index contributed by atoms with van der Waals surface area (Å²) in [5, 5.41) is 18.1. The second kappa shape index (κ2) is 7.77. The third-order valence-electron chi connectivity index (χ3n) is 3.58. The van der Waals surface area contributed by atoms with Crippen molar-refractivity contribution in [1.82, 2.24) is 14.8 Å². The molecule has 0 spiro atoms. The van der Waals surface area contributed by atoms with E-state index >= 15 is 0 Å². The highest BCUT2D eigenvalue weighted by molar-refractivity contribution is 7.98. The first-order valence-electron chi connectivity index (χ1n) is 7.63. The van der Waals surface area contributed by atoms with Crippen LogP contribution in [0.25, 0.3) is 11.4 Å². The molecule has 0 aliphatic carbocycles. The summed E-state index contributed by atoms with van der Waals surface area (Å²) >= 11 is 1.56. The second-order valence-corrected chi connectivity index (χ2v) is 6.25. The normalized spacial score (nSPS) is 10.4. The zero-order valence-electron chi connectivity index (χ0n) is 13.4. The van der Waals surface area contributed by atoms with Crippen molar-refractivity contribution in [3.8, 4) is 17.5 Å². The van der Waals surface area contributed by atoms with Crippen LogP contribution in [0.2, 0.25) is 0 Å². The van der Waals surface area contributed by atoms with Crippen molar-refractivity contribution >= 4 is 11.8 Å². The Hall–Kier alpha value is -2.91.